The van der Waals surface area contributed by atoms with Crippen LogP contribution in [0.3, 0.4) is 0 Å². The van der Waals surface area contributed by atoms with E-state index in [2.05, 4.69) is 20.3 Å². The van der Waals surface area contributed by atoms with Crippen LogP contribution < -0.4 is 5.32 Å². The van der Waals surface area contributed by atoms with E-state index >= 15 is 0 Å². The average molecular weight is 342 g/mol. The second-order valence-corrected chi connectivity index (χ2v) is 6.27. The van der Waals surface area contributed by atoms with Gasteiger partial charge in [0.25, 0.3) is 0 Å². The maximum Gasteiger partial charge on any atom is 0.230 e. The number of aliphatic imine (C=N–C) groups is 1. The maximum absolute atomic E-state index is 12.2. The fourth-order valence-corrected chi connectivity index (χ4v) is 3.07. The third kappa shape index (κ3) is 3.37. The monoisotopic (exact) mass is 342 g/mol. The van der Waals surface area contributed by atoms with Crippen LogP contribution in [0.1, 0.15) is 28.1 Å². The predicted molar refractivity (Wildman–Crippen MR) is 101 cm³/mol. The SMILES string of the molecule is Cc1cc(C2=NCc3cc(CC(=O)Nc4ccccc4)ncc32)ccn1. The van der Waals surface area contributed by atoms with Crippen molar-refractivity contribution in [1.82, 2.24) is 9.97 Å². The number of pyridine rings is 2. The molecule has 0 radical (unpaired) electrons. The Bertz CT molecular complexity index is 996. The lowest BCUT2D eigenvalue weighted by Crippen LogP contribution is -2.15. The molecule has 0 unspecified atom stereocenters. The van der Waals surface area contributed by atoms with Gasteiger partial charge in [-0.2, -0.15) is 0 Å². The molecule has 3 aromatic rings. The number of carbonyl (C=O) groups is 1. The minimum Gasteiger partial charge on any atom is -0.326 e. The molecule has 128 valence electrons. The van der Waals surface area contributed by atoms with Gasteiger partial charge in [0.2, 0.25) is 5.91 Å². The summed E-state index contributed by atoms with van der Waals surface area (Å²) in [6.45, 7) is 2.58. The van der Waals surface area contributed by atoms with Gasteiger partial charge in [0.05, 0.1) is 24.4 Å². The molecule has 0 atom stereocenters. The molecule has 4 rings (SSSR count). The van der Waals surface area contributed by atoms with Gasteiger partial charge in [0.1, 0.15) is 0 Å². The van der Waals surface area contributed by atoms with E-state index in [-0.39, 0.29) is 12.3 Å². The Morgan fingerprint density at radius 1 is 1.12 bits per heavy atom. The Balaban J connectivity index is 1.50. The highest BCUT2D eigenvalue weighted by atomic mass is 16.1. The zero-order valence-electron chi connectivity index (χ0n) is 14.4. The van der Waals surface area contributed by atoms with Crippen LogP contribution in [0.5, 0.6) is 0 Å². The highest BCUT2D eigenvalue weighted by molar-refractivity contribution is 6.15. The van der Waals surface area contributed by atoms with Gasteiger partial charge >= 0.3 is 0 Å². The normalized spacial score (nSPS) is 12.4. The van der Waals surface area contributed by atoms with Gasteiger partial charge in [-0.05, 0) is 42.8 Å². The lowest BCUT2D eigenvalue weighted by atomic mass is 10.0. The van der Waals surface area contributed by atoms with Crippen molar-refractivity contribution in [2.24, 2.45) is 4.99 Å². The number of para-hydroxylation sites is 1. The zero-order chi connectivity index (χ0) is 17.9. The van der Waals surface area contributed by atoms with Crippen LogP contribution in [0.2, 0.25) is 0 Å². The number of hydrogen-bond acceptors (Lipinski definition) is 4. The van der Waals surface area contributed by atoms with Crippen molar-refractivity contribution in [3.63, 3.8) is 0 Å². The number of hydrogen-bond donors (Lipinski definition) is 1. The number of rotatable bonds is 4. The van der Waals surface area contributed by atoms with Gasteiger partial charge in [-0.15, -0.1) is 0 Å². The number of aromatic nitrogens is 2. The van der Waals surface area contributed by atoms with Gasteiger partial charge in [-0.25, -0.2) is 0 Å². The largest absolute Gasteiger partial charge is 0.326 e. The molecule has 5 nitrogen and oxygen atoms in total. The molecule has 1 N–H and O–H groups in total. The minimum absolute atomic E-state index is 0.0763. The molecule has 26 heavy (non-hydrogen) atoms. The smallest absolute Gasteiger partial charge is 0.230 e. The summed E-state index contributed by atoms with van der Waals surface area (Å²) in [5.74, 6) is -0.0763. The van der Waals surface area contributed by atoms with Crippen LogP contribution in [0.25, 0.3) is 0 Å². The number of aryl methyl sites for hydroxylation is 1. The summed E-state index contributed by atoms with van der Waals surface area (Å²) in [4.78, 5) is 25.6. The number of amides is 1. The molecule has 0 spiro atoms. The van der Waals surface area contributed by atoms with Crippen LogP contribution in [-0.2, 0) is 17.8 Å². The molecule has 0 fully saturated rings. The van der Waals surface area contributed by atoms with E-state index < -0.39 is 0 Å². The van der Waals surface area contributed by atoms with Crippen molar-refractivity contribution in [1.29, 1.82) is 0 Å². The Hall–Kier alpha value is -3.34. The van der Waals surface area contributed by atoms with Crippen molar-refractivity contribution < 1.29 is 4.79 Å². The summed E-state index contributed by atoms with van der Waals surface area (Å²) in [6, 6.07) is 15.4. The molecule has 3 heterocycles. The molecule has 1 aliphatic heterocycles. The van der Waals surface area contributed by atoms with Crippen molar-refractivity contribution in [3.8, 4) is 0 Å². The second-order valence-electron chi connectivity index (χ2n) is 6.27. The molecular formula is C21H18N4O. The summed E-state index contributed by atoms with van der Waals surface area (Å²) < 4.78 is 0. The number of nitrogens with one attached hydrogen (secondary N) is 1. The Morgan fingerprint density at radius 2 is 1.96 bits per heavy atom. The summed E-state index contributed by atoms with van der Waals surface area (Å²) in [5, 5.41) is 2.88. The zero-order valence-corrected chi connectivity index (χ0v) is 14.4. The number of anilines is 1. The standard InChI is InChI=1S/C21H18N4O/c1-14-9-15(7-8-22-14)21-19-13-23-18(10-16(19)12-24-21)11-20(26)25-17-5-3-2-4-6-17/h2-10,13H,11-12H2,1H3,(H,25,26). The Labute approximate surface area is 151 Å². The van der Waals surface area contributed by atoms with Crippen LogP contribution in [0.4, 0.5) is 5.69 Å². The fourth-order valence-electron chi connectivity index (χ4n) is 3.07. The molecule has 1 amide bonds. The van der Waals surface area contributed by atoms with Gasteiger partial charge in [-0.1, -0.05) is 18.2 Å². The average Bonchev–Trinajstić information content (AvgIpc) is 3.05. The molecule has 5 heteroatoms. The van der Waals surface area contributed by atoms with Gasteiger partial charge in [0.15, 0.2) is 0 Å². The van der Waals surface area contributed by atoms with Crippen molar-refractivity contribution in [2.45, 2.75) is 19.9 Å². The Morgan fingerprint density at radius 3 is 2.77 bits per heavy atom. The summed E-state index contributed by atoms with van der Waals surface area (Å²) in [5.41, 5.74) is 6.62. The van der Waals surface area contributed by atoms with E-state index in [1.54, 1.807) is 6.20 Å². The summed E-state index contributed by atoms with van der Waals surface area (Å²) >= 11 is 0. The fraction of sp³-hybridized carbons (Fsp3) is 0.143. The highest BCUT2D eigenvalue weighted by Crippen LogP contribution is 2.23. The van der Waals surface area contributed by atoms with Gasteiger partial charge in [-0.3, -0.25) is 19.8 Å². The first-order chi connectivity index (χ1) is 12.7. The van der Waals surface area contributed by atoms with E-state index in [1.165, 1.54) is 0 Å². The molecular weight excluding hydrogens is 324 g/mol. The van der Waals surface area contributed by atoms with E-state index in [0.717, 1.165) is 39.5 Å². The maximum atomic E-state index is 12.2. The Kier molecular flexibility index (Phi) is 4.27. The first-order valence-corrected chi connectivity index (χ1v) is 8.49. The topological polar surface area (TPSA) is 67.2 Å². The van der Waals surface area contributed by atoms with Crippen LogP contribution >= 0.6 is 0 Å². The van der Waals surface area contributed by atoms with Crippen LogP contribution in [0, 0.1) is 6.92 Å². The third-order valence-electron chi connectivity index (χ3n) is 4.28. The van der Waals surface area contributed by atoms with Crippen molar-refractivity contribution >= 4 is 17.3 Å². The van der Waals surface area contributed by atoms with E-state index in [4.69, 9.17) is 0 Å². The number of benzene rings is 1. The summed E-state index contributed by atoms with van der Waals surface area (Å²) in [7, 11) is 0. The molecule has 2 aromatic heterocycles. The third-order valence-corrected chi connectivity index (χ3v) is 4.28. The van der Waals surface area contributed by atoms with Crippen LogP contribution in [0.15, 0.2) is 65.9 Å². The lowest BCUT2D eigenvalue weighted by Gasteiger charge is -2.07. The van der Waals surface area contributed by atoms with Gasteiger partial charge < -0.3 is 5.32 Å². The minimum atomic E-state index is -0.0763. The number of nitrogens with zero attached hydrogens (tertiary/aromatic N) is 3. The van der Waals surface area contributed by atoms with E-state index in [0.29, 0.717) is 6.54 Å². The van der Waals surface area contributed by atoms with E-state index in [9.17, 15) is 4.79 Å². The van der Waals surface area contributed by atoms with Crippen molar-refractivity contribution in [3.05, 3.63) is 89.0 Å². The molecule has 0 saturated carbocycles. The molecule has 1 aliphatic rings. The first-order valence-electron chi connectivity index (χ1n) is 8.49. The number of fused-ring (bicyclic) bond motifs is 1. The summed E-state index contributed by atoms with van der Waals surface area (Å²) in [6.07, 6.45) is 3.86. The quantitative estimate of drug-likeness (QED) is 0.791. The molecule has 1 aromatic carbocycles. The first kappa shape index (κ1) is 16.1. The molecule has 0 bridgehead atoms. The number of carbonyl (C=O) groups excluding carboxylic acids is 1. The molecule has 0 aliphatic carbocycles. The van der Waals surface area contributed by atoms with Gasteiger partial charge in [0, 0.05) is 34.9 Å². The van der Waals surface area contributed by atoms with Crippen LogP contribution in [-0.4, -0.2) is 21.6 Å². The second kappa shape index (κ2) is 6.88. The predicted octanol–water partition coefficient (Wildman–Crippen LogP) is 3.32. The van der Waals surface area contributed by atoms with Crippen molar-refractivity contribution in [2.75, 3.05) is 5.32 Å². The molecule has 0 saturated heterocycles. The highest BCUT2D eigenvalue weighted by Gasteiger charge is 2.19. The van der Waals surface area contributed by atoms with E-state index in [1.807, 2.05) is 61.7 Å². The lowest BCUT2D eigenvalue weighted by molar-refractivity contribution is -0.115.